The van der Waals surface area contributed by atoms with Crippen molar-refractivity contribution >= 4 is 97.2 Å². The Balaban J connectivity index is 1.11. The van der Waals surface area contributed by atoms with Gasteiger partial charge in [0.15, 0.2) is 0 Å². The van der Waals surface area contributed by atoms with E-state index >= 15 is 0 Å². The second kappa shape index (κ2) is 13.5. The second-order valence-electron chi connectivity index (χ2n) is 17.5. The number of hydrogen-bond acceptors (Lipinski definition) is 2. The highest BCUT2D eigenvalue weighted by atomic mass is 14.8. The minimum Gasteiger partial charge on any atom is -0.252 e. The van der Waals surface area contributed by atoms with Crippen molar-refractivity contribution < 1.29 is 0 Å². The van der Waals surface area contributed by atoms with E-state index in [0.717, 1.165) is 33.1 Å². The van der Waals surface area contributed by atoms with E-state index in [1.54, 1.807) is 0 Å². The molecule has 294 valence electrons. The van der Waals surface area contributed by atoms with Crippen LogP contribution < -0.4 is 0 Å². The number of nitrogens with zero attached hydrogens (tertiary/aromatic N) is 2. The molecule has 0 spiro atoms. The first-order chi connectivity index (χ1) is 31.0. The third kappa shape index (κ3) is 5.38. The van der Waals surface area contributed by atoms with E-state index in [-0.39, 0.29) is 0 Å². The van der Waals surface area contributed by atoms with Gasteiger partial charge in [0.25, 0.3) is 0 Å². The quantitative estimate of drug-likeness (QED) is 0.166. The molecule has 2 nitrogen and oxygen atoms in total. The van der Waals surface area contributed by atoms with Crippen LogP contribution in [0.4, 0.5) is 0 Å². The van der Waals surface area contributed by atoms with Crippen LogP contribution in [0.3, 0.4) is 0 Å². The summed E-state index contributed by atoms with van der Waals surface area (Å²) in [5, 5.41) is 19.8. The number of aryl methyl sites for hydroxylation is 3. The molecular formula is C61H40N2. The topological polar surface area (TPSA) is 25.8 Å². The van der Waals surface area contributed by atoms with Crippen LogP contribution in [0, 0.1) is 20.8 Å². The summed E-state index contributed by atoms with van der Waals surface area (Å²) in [6.45, 7) is 6.40. The SMILES string of the molecule is Cc1cccc(-c2cc3c4ccccc4c4ccccc4c3cc2-c2ccc3c(c2)c2cccc(-c4ccc5c6ccc(C)cc6c6ccccc6c5c4)c2c2ncc(C)nc32)c1. The van der Waals surface area contributed by atoms with E-state index in [2.05, 4.69) is 196 Å². The molecule has 0 bridgehead atoms. The van der Waals surface area contributed by atoms with Crippen molar-refractivity contribution in [3.05, 3.63) is 205 Å². The number of aromatic nitrogens is 2. The summed E-state index contributed by atoms with van der Waals surface area (Å²) in [5.74, 6) is 0. The Morgan fingerprint density at radius 3 is 1.35 bits per heavy atom. The Bertz CT molecular complexity index is 4100. The molecule has 63 heavy (non-hydrogen) atoms. The molecule has 0 aliphatic rings. The van der Waals surface area contributed by atoms with Crippen LogP contribution in [0.25, 0.3) is 131 Å². The van der Waals surface area contributed by atoms with Crippen LogP contribution >= 0.6 is 0 Å². The summed E-state index contributed by atoms with van der Waals surface area (Å²) in [4.78, 5) is 10.4. The van der Waals surface area contributed by atoms with Crippen LogP contribution in [0.1, 0.15) is 16.8 Å². The van der Waals surface area contributed by atoms with Gasteiger partial charge in [-0.05, 0) is 154 Å². The standard InChI is InChI=1S/C61H40N2/c1-35-12-10-13-38(28-35)52-32-57-44-16-6-4-14-42(44)43-15-5-7-17-45(43)58(57)33-53(52)40-24-27-51-56(31-40)50-21-11-20-41(59(50)61-60(51)63-37(3)34-62-61)39-23-26-49-48-25-22-36(2)29-54(48)46-18-8-9-19-47(46)55(49)30-39/h4-34H,1-3H3. The molecule has 2 heteroatoms. The molecule has 0 aliphatic heterocycles. The van der Waals surface area contributed by atoms with Crippen molar-refractivity contribution in [3.8, 4) is 33.4 Å². The molecule has 0 radical (unpaired) electrons. The lowest BCUT2D eigenvalue weighted by Crippen LogP contribution is -1.94. The highest BCUT2D eigenvalue weighted by molar-refractivity contribution is 6.30. The largest absolute Gasteiger partial charge is 0.252 e. The number of hydrogen-bond donors (Lipinski definition) is 0. The molecule has 0 fully saturated rings. The maximum absolute atomic E-state index is 5.24. The summed E-state index contributed by atoms with van der Waals surface area (Å²) in [6, 6.07) is 68.0. The molecule has 0 N–H and O–H groups in total. The van der Waals surface area contributed by atoms with Crippen molar-refractivity contribution in [2.45, 2.75) is 20.8 Å². The third-order valence-corrected chi connectivity index (χ3v) is 13.6. The van der Waals surface area contributed by atoms with E-state index in [9.17, 15) is 0 Å². The average molecular weight is 801 g/mol. The summed E-state index contributed by atoms with van der Waals surface area (Å²) < 4.78 is 0. The first kappa shape index (κ1) is 35.8. The van der Waals surface area contributed by atoms with Crippen molar-refractivity contribution in [2.75, 3.05) is 0 Å². The van der Waals surface area contributed by atoms with Crippen LogP contribution in [0.5, 0.6) is 0 Å². The van der Waals surface area contributed by atoms with Gasteiger partial charge in [-0.25, -0.2) is 4.98 Å². The van der Waals surface area contributed by atoms with Crippen LogP contribution in [-0.2, 0) is 0 Å². The Morgan fingerprint density at radius 1 is 0.286 bits per heavy atom. The van der Waals surface area contributed by atoms with Crippen LogP contribution in [0.15, 0.2) is 188 Å². The van der Waals surface area contributed by atoms with Gasteiger partial charge in [0.2, 0.25) is 0 Å². The van der Waals surface area contributed by atoms with E-state index in [0.29, 0.717) is 0 Å². The molecule has 0 unspecified atom stereocenters. The maximum atomic E-state index is 5.24. The molecule has 13 aromatic rings. The molecule has 13 rings (SSSR count). The molecular weight excluding hydrogens is 761 g/mol. The van der Waals surface area contributed by atoms with Crippen molar-refractivity contribution in [2.24, 2.45) is 0 Å². The molecule has 0 atom stereocenters. The Morgan fingerprint density at radius 2 is 0.730 bits per heavy atom. The first-order valence-corrected chi connectivity index (χ1v) is 21.9. The minimum atomic E-state index is 0.902. The van der Waals surface area contributed by atoms with Crippen LogP contribution in [-0.4, -0.2) is 9.97 Å². The summed E-state index contributed by atoms with van der Waals surface area (Å²) in [6.07, 6.45) is 1.91. The van der Waals surface area contributed by atoms with E-state index < -0.39 is 0 Å². The lowest BCUT2D eigenvalue weighted by molar-refractivity contribution is 1.19. The highest BCUT2D eigenvalue weighted by Gasteiger charge is 2.20. The zero-order chi connectivity index (χ0) is 41.9. The molecule has 12 aromatic carbocycles. The maximum Gasteiger partial charge on any atom is 0.0978 e. The Labute approximate surface area is 364 Å². The van der Waals surface area contributed by atoms with Crippen LogP contribution in [0.2, 0.25) is 0 Å². The fraction of sp³-hybridized carbons (Fsp3) is 0.0492. The van der Waals surface area contributed by atoms with Gasteiger partial charge in [-0.15, -0.1) is 0 Å². The number of benzene rings is 12. The fourth-order valence-corrected chi connectivity index (χ4v) is 10.7. The number of rotatable bonds is 3. The van der Waals surface area contributed by atoms with Crippen molar-refractivity contribution in [1.82, 2.24) is 9.97 Å². The molecule has 0 saturated heterocycles. The zero-order valence-corrected chi connectivity index (χ0v) is 35.3. The molecule has 1 aromatic heterocycles. The fourth-order valence-electron chi connectivity index (χ4n) is 10.7. The monoisotopic (exact) mass is 800 g/mol. The molecule has 0 aliphatic carbocycles. The van der Waals surface area contributed by atoms with Gasteiger partial charge in [-0.3, -0.25) is 4.98 Å². The van der Waals surface area contributed by atoms with Crippen molar-refractivity contribution in [1.29, 1.82) is 0 Å². The summed E-state index contributed by atoms with van der Waals surface area (Å²) >= 11 is 0. The van der Waals surface area contributed by atoms with Crippen molar-refractivity contribution in [3.63, 3.8) is 0 Å². The smallest absolute Gasteiger partial charge is 0.0978 e. The minimum absolute atomic E-state index is 0.902. The molecule has 0 amide bonds. The Hall–Kier alpha value is -7.94. The predicted octanol–water partition coefficient (Wildman–Crippen LogP) is 16.8. The van der Waals surface area contributed by atoms with E-state index in [1.807, 2.05) is 13.1 Å². The predicted molar refractivity (Wildman–Crippen MR) is 270 cm³/mol. The normalized spacial score (nSPS) is 12.0. The second-order valence-corrected chi connectivity index (χ2v) is 17.5. The van der Waals surface area contributed by atoms with Gasteiger partial charge in [-0.2, -0.15) is 0 Å². The lowest BCUT2D eigenvalue weighted by Gasteiger charge is -2.18. The van der Waals surface area contributed by atoms with Gasteiger partial charge in [-0.1, -0.05) is 169 Å². The van der Waals surface area contributed by atoms with Gasteiger partial charge in [0, 0.05) is 17.0 Å². The van der Waals surface area contributed by atoms with E-state index in [4.69, 9.17) is 9.97 Å². The first-order valence-electron chi connectivity index (χ1n) is 21.9. The van der Waals surface area contributed by atoms with Gasteiger partial charge < -0.3 is 0 Å². The summed E-state index contributed by atoms with van der Waals surface area (Å²) in [7, 11) is 0. The third-order valence-electron chi connectivity index (χ3n) is 13.6. The van der Waals surface area contributed by atoms with Gasteiger partial charge in [0.1, 0.15) is 0 Å². The van der Waals surface area contributed by atoms with E-state index in [1.165, 1.54) is 114 Å². The lowest BCUT2D eigenvalue weighted by atomic mass is 9.85. The number of fused-ring (bicyclic) bond motifs is 18. The highest BCUT2D eigenvalue weighted by Crippen LogP contribution is 2.46. The zero-order valence-electron chi connectivity index (χ0n) is 35.3. The van der Waals surface area contributed by atoms with Gasteiger partial charge >= 0.3 is 0 Å². The average Bonchev–Trinajstić information content (AvgIpc) is 3.33. The molecule has 0 saturated carbocycles. The summed E-state index contributed by atoms with van der Waals surface area (Å²) in [5.41, 5.74) is 12.4. The molecule has 1 heterocycles. The van der Waals surface area contributed by atoms with Gasteiger partial charge in [0.05, 0.1) is 16.7 Å². The Kier molecular flexibility index (Phi) is 7.68.